The Hall–Kier alpha value is -1.81. The fraction of sp³-hybridized carbons (Fsp3) is 0.471. The van der Waals surface area contributed by atoms with Crippen LogP contribution in [0.5, 0.6) is 5.75 Å². The van der Waals surface area contributed by atoms with Gasteiger partial charge in [0.15, 0.2) is 0 Å². The second-order valence-electron chi connectivity index (χ2n) is 5.42. The molecule has 0 radical (unpaired) electrons. The lowest BCUT2D eigenvalue weighted by Crippen LogP contribution is -2.40. The molecule has 0 saturated carbocycles. The summed E-state index contributed by atoms with van der Waals surface area (Å²) < 4.78 is 5.13. The standard InChI is InChI=1S/C17H23NO3/c1-21-16-9-7-14(8-10-16)5-4-12-18-11-3-2-6-15(18)13-17(19)20/h4-5,7-10,15H,2-3,6,11-13H2,1H3,(H,19,20). The highest BCUT2D eigenvalue weighted by atomic mass is 16.5. The highest BCUT2D eigenvalue weighted by molar-refractivity contribution is 5.67. The molecule has 0 spiro atoms. The molecule has 1 aromatic carbocycles. The van der Waals surface area contributed by atoms with Crippen LogP contribution in [0.25, 0.3) is 6.08 Å². The van der Waals surface area contributed by atoms with Crippen LogP contribution >= 0.6 is 0 Å². The molecule has 4 heteroatoms. The Balaban J connectivity index is 1.89. The summed E-state index contributed by atoms with van der Waals surface area (Å²) in [6.45, 7) is 1.80. The van der Waals surface area contributed by atoms with Gasteiger partial charge in [-0.15, -0.1) is 0 Å². The van der Waals surface area contributed by atoms with Gasteiger partial charge in [-0.25, -0.2) is 0 Å². The topological polar surface area (TPSA) is 49.8 Å². The zero-order valence-electron chi connectivity index (χ0n) is 12.5. The summed E-state index contributed by atoms with van der Waals surface area (Å²) in [6, 6.07) is 8.08. The van der Waals surface area contributed by atoms with Crippen molar-refractivity contribution in [3.8, 4) is 5.75 Å². The number of rotatable bonds is 6. The number of ether oxygens (including phenoxy) is 1. The number of likely N-dealkylation sites (tertiary alicyclic amines) is 1. The Morgan fingerprint density at radius 3 is 2.81 bits per heavy atom. The Morgan fingerprint density at radius 1 is 1.38 bits per heavy atom. The molecule has 1 N–H and O–H groups in total. The van der Waals surface area contributed by atoms with Crippen LogP contribution in [0.15, 0.2) is 30.3 Å². The van der Waals surface area contributed by atoms with Crippen molar-refractivity contribution < 1.29 is 14.6 Å². The third kappa shape index (κ3) is 4.90. The molecule has 21 heavy (non-hydrogen) atoms. The summed E-state index contributed by atoms with van der Waals surface area (Å²) in [5.41, 5.74) is 1.13. The molecule has 0 aliphatic carbocycles. The third-order valence-electron chi connectivity index (χ3n) is 3.93. The highest BCUT2D eigenvalue weighted by Crippen LogP contribution is 2.20. The van der Waals surface area contributed by atoms with Crippen LogP contribution in [-0.4, -0.2) is 42.2 Å². The maximum atomic E-state index is 10.9. The first kappa shape index (κ1) is 15.6. The van der Waals surface area contributed by atoms with Crippen LogP contribution < -0.4 is 4.74 Å². The molecule has 1 aliphatic heterocycles. The van der Waals surface area contributed by atoms with E-state index in [2.05, 4.69) is 17.1 Å². The summed E-state index contributed by atoms with van der Waals surface area (Å²) in [7, 11) is 1.66. The van der Waals surface area contributed by atoms with Crippen LogP contribution in [0.2, 0.25) is 0 Å². The summed E-state index contributed by atoms with van der Waals surface area (Å²) in [6.07, 6.45) is 7.72. The highest BCUT2D eigenvalue weighted by Gasteiger charge is 2.23. The first-order chi connectivity index (χ1) is 10.2. The normalized spacial score (nSPS) is 19.8. The summed E-state index contributed by atoms with van der Waals surface area (Å²) in [5.74, 6) is 0.149. The van der Waals surface area contributed by atoms with Crippen molar-refractivity contribution in [1.29, 1.82) is 0 Å². The van der Waals surface area contributed by atoms with Crippen molar-refractivity contribution in [3.63, 3.8) is 0 Å². The van der Waals surface area contributed by atoms with Crippen molar-refractivity contribution >= 4 is 12.0 Å². The van der Waals surface area contributed by atoms with Gasteiger partial charge < -0.3 is 9.84 Å². The average Bonchev–Trinajstić information content (AvgIpc) is 2.49. The van der Waals surface area contributed by atoms with Crippen LogP contribution in [0.3, 0.4) is 0 Å². The van der Waals surface area contributed by atoms with Crippen LogP contribution in [0.1, 0.15) is 31.2 Å². The second kappa shape index (κ2) is 7.84. The molecular weight excluding hydrogens is 266 g/mol. The molecule has 1 aromatic rings. The van der Waals surface area contributed by atoms with Gasteiger partial charge >= 0.3 is 5.97 Å². The minimum atomic E-state index is -0.703. The van der Waals surface area contributed by atoms with E-state index in [1.54, 1.807) is 7.11 Å². The number of piperidine rings is 1. The van der Waals surface area contributed by atoms with E-state index in [-0.39, 0.29) is 12.5 Å². The van der Waals surface area contributed by atoms with Gasteiger partial charge in [-0.1, -0.05) is 30.7 Å². The molecule has 1 unspecified atom stereocenters. The van der Waals surface area contributed by atoms with E-state index < -0.39 is 5.97 Å². The quantitative estimate of drug-likeness (QED) is 0.874. The Labute approximate surface area is 126 Å². The molecular formula is C17H23NO3. The predicted octanol–water partition coefficient (Wildman–Crippen LogP) is 3.04. The number of hydrogen-bond acceptors (Lipinski definition) is 3. The van der Waals surface area contributed by atoms with Crippen molar-refractivity contribution in [2.45, 2.75) is 31.7 Å². The maximum Gasteiger partial charge on any atom is 0.304 e. The van der Waals surface area contributed by atoms with Gasteiger partial charge in [-0.05, 0) is 37.1 Å². The first-order valence-electron chi connectivity index (χ1n) is 7.45. The van der Waals surface area contributed by atoms with E-state index in [0.717, 1.165) is 43.7 Å². The lowest BCUT2D eigenvalue weighted by Gasteiger charge is -2.34. The van der Waals surface area contributed by atoms with Gasteiger partial charge in [0.25, 0.3) is 0 Å². The van der Waals surface area contributed by atoms with E-state index in [9.17, 15) is 4.79 Å². The third-order valence-corrected chi connectivity index (χ3v) is 3.93. The van der Waals surface area contributed by atoms with E-state index in [0.29, 0.717) is 0 Å². The van der Waals surface area contributed by atoms with Gasteiger partial charge in [0, 0.05) is 12.6 Å². The van der Waals surface area contributed by atoms with Gasteiger partial charge in [0.2, 0.25) is 0 Å². The largest absolute Gasteiger partial charge is 0.497 e. The molecule has 114 valence electrons. The smallest absolute Gasteiger partial charge is 0.304 e. The molecule has 1 saturated heterocycles. The number of nitrogens with zero attached hydrogens (tertiary/aromatic N) is 1. The van der Waals surface area contributed by atoms with E-state index in [1.807, 2.05) is 24.3 Å². The molecule has 1 aliphatic rings. The Bertz CT molecular complexity index is 481. The Kier molecular flexibility index (Phi) is 5.81. The lowest BCUT2D eigenvalue weighted by atomic mass is 9.99. The molecule has 4 nitrogen and oxygen atoms in total. The van der Waals surface area contributed by atoms with Gasteiger partial charge in [-0.3, -0.25) is 9.69 Å². The molecule has 2 rings (SSSR count). The number of carbonyl (C=O) groups is 1. The predicted molar refractivity (Wildman–Crippen MR) is 83.5 cm³/mol. The molecule has 1 fully saturated rings. The van der Waals surface area contributed by atoms with E-state index in [1.165, 1.54) is 0 Å². The fourth-order valence-corrected chi connectivity index (χ4v) is 2.77. The zero-order valence-corrected chi connectivity index (χ0v) is 12.5. The van der Waals surface area contributed by atoms with Crippen molar-refractivity contribution in [2.24, 2.45) is 0 Å². The molecule has 1 heterocycles. The molecule has 0 amide bonds. The number of carboxylic acids is 1. The lowest BCUT2D eigenvalue weighted by molar-refractivity contribution is -0.138. The number of methoxy groups -OCH3 is 1. The van der Waals surface area contributed by atoms with Gasteiger partial charge in [-0.2, -0.15) is 0 Å². The second-order valence-corrected chi connectivity index (χ2v) is 5.42. The number of hydrogen-bond donors (Lipinski definition) is 1. The summed E-state index contributed by atoms with van der Waals surface area (Å²) in [5, 5.41) is 8.98. The molecule has 0 bridgehead atoms. The summed E-state index contributed by atoms with van der Waals surface area (Å²) in [4.78, 5) is 13.2. The van der Waals surface area contributed by atoms with Crippen molar-refractivity contribution in [2.75, 3.05) is 20.2 Å². The van der Waals surface area contributed by atoms with Crippen molar-refractivity contribution in [1.82, 2.24) is 4.90 Å². The number of carboxylic acid groups (broad SMARTS) is 1. The zero-order chi connectivity index (χ0) is 15.1. The van der Waals surface area contributed by atoms with E-state index in [4.69, 9.17) is 9.84 Å². The monoisotopic (exact) mass is 289 g/mol. The van der Waals surface area contributed by atoms with Crippen LogP contribution in [0.4, 0.5) is 0 Å². The minimum absolute atomic E-state index is 0.178. The van der Waals surface area contributed by atoms with E-state index >= 15 is 0 Å². The number of benzene rings is 1. The molecule has 0 aromatic heterocycles. The SMILES string of the molecule is COc1ccc(C=CCN2CCCCC2CC(=O)O)cc1. The fourth-order valence-electron chi connectivity index (χ4n) is 2.77. The number of aliphatic carboxylic acids is 1. The Morgan fingerprint density at radius 2 is 2.14 bits per heavy atom. The first-order valence-corrected chi connectivity index (χ1v) is 7.45. The van der Waals surface area contributed by atoms with Gasteiger partial charge in [0.05, 0.1) is 13.5 Å². The average molecular weight is 289 g/mol. The van der Waals surface area contributed by atoms with Crippen LogP contribution in [-0.2, 0) is 4.79 Å². The molecule has 1 atom stereocenters. The van der Waals surface area contributed by atoms with Crippen LogP contribution in [0, 0.1) is 0 Å². The minimum Gasteiger partial charge on any atom is -0.497 e. The summed E-state index contributed by atoms with van der Waals surface area (Å²) >= 11 is 0. The van der Waals surface area contributed by atoms with Gasteiger partial charge in [0.1, 0.15) is 5.75 Å². The maximum absolute atomic E-state index is 10.9. The van der Waals surface area contributed by atoms with Crippen molar-refractivity contribution in [3.05, 3.63) is 35.9 Å².